The van der Waals surface area contributed by atoms with E-state index in [1.54, 1.807) is 23.7 Å². The highest BCUT2D eigenvalue weighted by atomic mass is 32.1. The number of nitrogens with zero attached hydrogens (tertiary/aromatic N) is 2. The summed E-state index contributed by atoms with van der Waals surface area (Å²) in [6.45, 7) is 5.29. The van der Waals surface area contributed by atoms with Gasteiger partial charge in [-0.05, 0) is 67.5 Å². The van der Waals surface area contributed by atoms with E-state index in [1.807, 2.05) is 43.0 Å². The highest BCUT2D eigenvalue weighted by molar-refractivity contribution is 7.10. The molecule has 3 heterocycles. The van der Waals surface area contributed by atoms with Crippen LogP contribution in [0.1, 0.15) is 50.8 Å². The minimum absolute atomic E-state index is 0.112. The van der Waals surface area contributed by atoms with Crippen LogP contribution in [-0.4, -0.2) is 22.3 Å². The van der Waals surface area contributed by atoms with Crippen molar-refractivity contribution in [1.82, 2.24) is 9.88 Å². The van der Waals surface area contributed by atoms with E-state index >= 15 is 0 Å². The number of rotatable bonds is 5. The summed E-state index contributed by atoms with van der Waals surface area (Å²) in [6, 6.07) is 12.2. The summed E-state index contributed by atoms with van der Waals surface area (Å²) in [6.07, 6.45) is 5.65. The smallest absolute Gasteiger partial charge is 0.254 e. The molecule has 0 bridgehead atoms. The molecule has 1 saturated heterocycles. The molecule has 5 heteroatoms. The average molecular weight is 393 g/mol. The molecule has 3 aromatic rings. The second-order valence-electron chi connectivity index (χ2n) is 7.26. The van der Waals surface area contributed by atoms with Crippen LogP contribution in [0.3, 0.4) is 0 Å². The number of aryl methyl sites for hydroxylation is 2. The quantitative estimate of drug-likeness (QED) is 0.590. The van der Waals surface area contributed by atoms with E-state index in [0.29, 0.717) is 6.61 Å². The third-order valence-electron chi connectivity index (χ3n) is 5.20. The lowest BCUT2D eigenvalue weighted by atomic mass is 10.0. The van der Waals surface area contributed by atoms with Crippen LogP contribution in [0, 0.1) is 13.8 Å². The van der Waals surface area contributed by atoms with Gasteiger partial charge in [0.2, 0.25) is 0 Å². The maximum absolute atomic E-state index is 13.2. The van der Waals surface area contributed by atoms with E-state index in [1.165, 1.54) is 4.88 Å². The Bertz CT molecular complexity index is 931. The van der Waals surface area contributed by atoms with Gasteiger partial charge in [0.15, 0.2) is 0 Å². The fourth-order valence-electron chi connectivity index (χ4n) is 3.89. The lowest BCUT2D eigenvalue weighted by molar-refractivity contribution is 0.0737. The summed E-state index contributed by atoms with van der Waals surface area (Å²) in [7, 11) is 0. The number of carbonyl (C=O) groups excluding carboxylic acids is 1. The van der Waals surface area contributed by atoms with Crippen LogP contribution in [0.2, 0.25) is 0 Å². The molecule has 2 aromatic heterocycles. The predicted molar refractivity (Wildman–Crippen MR) is 112 cm³/mol. The molecule has 28 heavy (non-hydrogen) atoms. The zero-order valence-corrected chi connectivity index (χ0v) is 17.0. The van der Waals surface area contributed by atoms with Crippen molar-refractivity contribution in [3.63, 3.8) is 0 Å². The number of amides is 1. The minimum atomic E-state index is 0.112. The van der Waals surface area contributed by atoms with Crippen LogP contribution < -0.4 is 4.74 Å². The Balaban J connectivity index is 1.53. The molecule has 1 aromatic carbocycles. The molecular weight excluding hydrogens is 368 g/mol. The number of aromatic nitrogens is 1. The first kappa shape index (κ1) is 18.7. The number of hydrogen-bond acceptors (Lipinski definition) is 4. The number of benzene rings is 1. The average Bonchev–Trinajstić information content (AvgIpc) is 3.39. The van der Waals surface area contributed by atoms with Gasteiger partial charge in [0.05, 0.1) is 6.04 Å². The van der Waals surface area contributed by atoms with Crippen LogP contribution in [0.4, 0.5) is 0 Å². The Morgan fingerprint density at radius 3 is 2.75 bits per heavy atom. The van der Waals surface area contributed by atoms with Crippen LogP contribution in [0.15, 0.2) is 54.2 Å². The molecule has 144 valence electrons. The van der Waals surface area contributed by atoms with Crippen molar-refractivity contribution >= 4 is 17.2 Å². The number of carbonyl (C=O) groups is 1. The normalized spacial score (nSPS) is 16.4. The molecule has 0 spiro atoms. The Morgan fingerprint density at radius 1 is 1.25 bits per heavy atom. The first-order valence-corrected chi connectivity index (χ1v) is 10.5. The molecule has 1 aliphatic heterocycles. The van der Waals surface area contributed by atoms with Gasteiger partial charge in [-0.3, -0.25) is 9.78 Å². The zero-order chi connectivity index (χ0) is 19.5. The maximum atomic E-state index is 13.2. The molecule has 4 nitrogen and oxygen atoms in total. The Labute approximate surface area is 169 Å². The van der Waals surface area contributed by atoms with Gasteiger partial charge in [-0.15, -0.1) is 11.3 Å². The number of likely N-dealkylation sites (tertiary alicyclic amines) is 1. The molecule has 1 amide bonds. The van der Waals surface area contributed by atoms with Crippen molar-refractivity contribution < 1.29 is 9.53 Å². The van der Waals surface area contributed by atoms with Crippen molar-refractivity contribution in [2.24, 2.45) is 0 Å². The topological polar surface area (TPSA) is 42.4 Å². The first-order chi connectivity index (χ1) is 13.6. The molecule has 0 N–H and O–H groups in total. The van der Waals surface area contributed by atoms with Crippen LogP contribution in [0.25, 0.3) is 0 Å². The van der Waals surface area contributed by atoms with Crippen LogP contribution in [0.5, 0.6) is 5.75 Å². The van der Waals surface area contributed by atoms with Gasteiger partial charge in [-0.1, -0.05) is 12.1 Å². The summed E-state index contributed by atoms with van der Waals surface area (Å²) >= 11 is 1.73. The first-order valence-electron chi connectivity index (χ1n) is 9.61. The molecule has 1 fully saturated rings. The van der Waals surface area contributed by atoms with E-state index in [9.17, 15) is 4.79 Å². The van der Waals surface area contributed by atoms with Gasteiger partial charge in [-0.25, -0.2) is 0 Å². The Morgan fingerprint density at radius 2 is 2.07 bits per heavy atom. The molecule has 0 radical (unpaired) electrons. The van der Waals surface area contributed by atoms with Gasteiger partial charge in [0.25, 0.3) is 5.91 Å². The molecular formula is C23H24N2O2S. The molecule has 4 rings (SSSR count). The Kier molecular flexibility index (Phi) is 5.44. The predicted octanol–water partition coefficient (Wildman–Crippen LogP) is 5.32. The fraction of sp³-hybridized carbons (Fsp3) is 0.304. The minimum Gasteiger partial charge on any atom is -0.488 e. The molecule has 0 aliphatic carbocycles. The number of ether oxygens (including phenoxy) is 1. The standard InChI is InChI=1S/C23H24N2O2S/c1-16-12-19(13-17(2)22(16)27-15-18-6-3-9-24-14-18)23(26)25-10-4-7-20(25)21-8-5-11-28-21/h3,5-6,8-9,11-14,20H,4,7,10,15H2,1-2H3. The highest BCUT2D eigenvalue weighted by Crippen LogP contribution is 2.36. The van der Waals surface area contributed by atoms with Gasteiger partial charge < -0.3 is 9.64 Å². The largest absolute Gasteiger partial charge is 0.488 e. The summed E-state index contributed by atoms with van der Waals surface area (Å²) < 4.78 is 6.03. The van der Waals surface area contributed by atoms with Gasteiger partial charge >= 0.3 is 0 Å². The van der Waals surface area contributed by atoms with Crippen LogP contribution >= 0.6 is 11.3 Å². The summed E-state index contributed by atoms with van der Waals surface area (Å²) in [5.74, 6) is 0.956. The summed E-state index contributed by atoms with van der Waals surface area (Å²) in [4.78, 5) is 20.6. The van der Waals surface area contributed by atoms with Crippen molar-refractivity contribution in [2.45, 2.75) is 39.3 Å². The number of thiophene rings is 1. The van der Waals surface area contributed by atoms with E-state index in [-0.39, 0.29) is 11.9 Å². The monoisotopic (exact) mass is 392 g/mol. The molecule has 1 aliphatic rings. The van der Waals surface area contributed by atoms with E-state index in [4.69, 9.17) is 4.74 Å². The van der Waals surface area contributed by atoms with Gasteiger partial charge in [-0.2, -0.15) is 0 Å². The van der Waals surface area contributed by atoms with Crippen molar-refractivity contribution in [1.29, 1.82) is 0 Å². The lowest BCUT2D eigenvalue weighted by Gasteiger charge is -2.25. The van der Waals surface area contributed by atoms with Gasteiger partial charge in [0.1, 0.15) is 12.4 Å². The Hall–Kier alpha value is -2.66. The molecule has 1 unspecified atom stereocenters. The zero-order valence-electron chi connectivity index (χ0n) is 16.2. The molecule has 1 atom stereocenters. The van der Waals surface area contributed by atoms with E-state index in [2.05, 4.69) is 22.5 Å². The number of hydrogen-bond donors (Lipinski definition) is 0. The second-order valence-corrected chi connectivity index (χ2v) is 8.24. The van der Waals surface area contributed by atoms with Crippen molar-refractivity contribution in [3.8, 4) is 5.75 Å². The maximum Gasteiger partial charge on any atom is 0.254 e. The third kappa shape index (κ3) is 3.80. The van der Waals surface area contributed by atoms with Crippen molar-refractivity contribution in [2.75, 3.05) is 6.54 Å². The van der Waals surface area contributed by atoms with E-state index < -0.39 is 0 Å². The lowest BCUT2D eigenvalue weighted by Crippen LogP contribution is -2.30. The fourth-order valence-corrected chi connectivity index (χ4v) is 4.77. The van der Waals surface area contributed by atoms with Crippen molar-refractivity contribution in [3.05, 3.63) is 81.3 Å². The van der Waals surface area contributed by atoms with Crippen LogP contribution in [-0.2, 0) is 6.61 Å². The highest BCUT2D eigenvalue weighted by Gasteiger charge is 2.31. The van der Waals surface area contributed by atoms with E-state index in [0.717, 1.165) is 47.4 Å². The SMILES string of the molecule is Cc1cc(C(=O)N2CCCC2c2cccs2)cc(C)c1OCc1cccnc1. The second kappa shape index (κ2) is 8.15. The number of pyridine rings is 1. The molecule has 0 saturated carbocycles. The summed E-state index contributed by atoms with van der Waals surface area (Å²) in [5, 5.41) is 2.08. The summed E-state index contributed by atoms with van der Waals surface area (Å²) in [5.41, 5.74) is 3.74. The van der Waals surface area contributed by atoms with Gasteiger partial charge in [0, 0.05) is 34.9 Å². The third-order valence-corrected chi connectivity index (χ3v) is 6.17.